The van der Waals surface area contributed by atoms with Crippen molar-refractivity contribution < 1.29 is 28.2 Å². The fourth-order valence-electron chi connectivity index (χ4n) is 1.71. The SMILES string of the molecule is CCOC(=O)/C=C(\OCC)C(F)(F)C(O)/C=C/c1ccccc1. The summed E-state index contributed by atoms with van der Waals surface area (Å²) >= 11 is 0. The molecule has 0 saturated carbocycles. The molecular formula is C17H20F2O4. The Morgan fingerprint density at radius 1 is 1.22 bits per heavy atom. The number of esters is 1. The predicted octanol–water partition coefficient (Wildman–Crippen LogP) is 3.18. The van der Waals surface area contributed by atoms with E-state index in [1.165, 1.54) is 13.0 Å². The number of rotatable bonds is 8. The summed E-state index contributed by atoms with van der Waals surface area (Å²) in [5, 5.41) is 9.77. The topological polar surface area (TPSA) is 55.8 Å². The molecule has 1 rings (SSSR count). The molecule has 0 spiro atoms. The van der Waals surface area contributed by atoms with Crippen molar-refractivity contribution in [3.63, 3.8) is 0 Å². The van der Waals surface area contributed by atoms with Crippen molar-refractivity contribution in [3.8, 4) is 0 Å². The summed E-state index contributed by atoms with van der Waals surface area (Å²) < 4.78 is 37.9. The van der Waals surface area contributed by atoms with Crippen LogP contribution in [0.2, 0.25) is 0 Å². The lowest BCUT2D eigenvalue weighted by Gasteiger charge is -2.22. The Bertz CT molecular complexity index is 553. The van der Waals surface area contributed by atoms with Crippen LogP contribution >= 0.6 is 0 Å². The van der Waals surface area contributed by atoms with E-state index in [1.54, 1.807) is 37.3 Å². The number of carbonyl (C=O) groups excluding carboxylic acids is 1. The second kappa shape index (κ2) is 9.05. The summed E-state index contributed by atoms with van der Waals surface area (Å²) in [4.78, 5) is 11.4. The molecule has 1 N–H and O–H groups in total. The summed E-state index contributed by atoms with van der Waals surface area (Å²) in [5.41, 5.74) is 0.662. The molecule has 1 aromatic carbocycles. The van der Waals surface area contributed by atoms with Gasteiger partial charge in [-0.2, -0.15) is 8.78 Å². The Kier molecular flexibility index (Phi) is 7.41. The first kappa shape index (κ1) is 18.8. The van der Waals surface area contributed by atoms with Gasteiger partial charge < -0.3 is 14.6 Å². The van der Waals surface area contributed by atoms with Gasteiger partial charge in [0.2, 0.25) is 0 Å². The second-order valence-corrected chi connectivity index (χ2v) is 4.53. The number of hydrogen-bond acceptors (Lipinski definition) is 4. The van der Waals surface area contributed by atoms with Crippen molar-refractivity contribution >= 4 is 12.0 Å². The minimum atomic E-state index is -3.76. The van der Waals surface area contributed by atoms with Gasteiger partial charge in [-0.1, -0.05) is 36.4 Å². The van der Waals surface area contributed by atoms with Gasteiger partial charge in [0, 0.05) is 0 Å². The molecule has 0 heterocycles. The first-order chi connectivity index (χ1) is 10.9. The minimum Gasteiger partial charge on any atom is -0.491 e. The Balaban J connectivity index is 2.94. The molecular weight excluding hydrogens is 306 g/mol. The molecule has 1 atom stereocenters. The summed E-state index contributed by atoms with van der Waals surface area (Å²) in [6, 6.07) is 8.70. The molecule has 126 valence electrons. The number of ether oxygens (including phenoxy) is 2. The standard InChI is InChI=1S/C17H20F2O4/c1-3-22-15(12-16(21)23-4-2)17(18,19)14(20)11-10-13-8-6-5-7-9-13/h5-12,14,20H,3-4H2,1-2H3/b11-10+,15-12-. The first-order valence-corrected chi connectivity index (χ1v) is 7.22. The molecule has 0 aliphatic heterocycles. The first-order valence-electron chi connectivity index (χ1n) is 7.22. The fraction of sp³-hybridized carbons (Fsp3) is 0.353. The van der Waals surface area contributed by atoms with Crippen LogP contribution in [0.3, 0.4) is 0 Å². The van der Waals surface area contributed by atoms with Crippen LogP contribution < -0.4 is 0 Å². The molecule has 0 bridgehead atoms. The van der Waals surface area contributed by atoms with Crippen LogP contribution in [0.1, 0.15) is 19.4 Å². The Labute approximate surface area is 134 Å². The lowest BCUT2D eigenvalue weighted by atomic mass is 10.1. The third-order valence-corrected chi connectivity index (χ3v) is 2.81. The number of benzene rings is 1. The third-order valence-electron chi connectivity index (χ3n) is 2.81. The van der Waals surface area contributed by atoms with Crippen LogP contribution in [0.15, 0.2) is 48.2 Å². The van der Waals surface area contributed by atoms with Crippen LogP contribution in [-0.2, 0) is 14.3 Å². The van der Waals surface area contributed by atoms with Crippen molar-refractivity contribution in [1.29, 1.82) is 0 Å². The van der Waals surface area contributed by atoms with Crippen LogP contribution in [0.25, 0.3) is 6.08 Å². The second-order valence-electron chi connectivity index (χ2n) is 4.53. The maximum absolute atomic E-state index is 14.3. The highest BCUT2D eigenvalue weighted by Gasteiger charge is 2.43. The molecule has 0 saturated heterocycles. The summed E-state index contributed by atoms with van der Waals surface area (Å²) in [5.74, 6) is -5.63. The summed E-state index contributed by atoms with van der Waals surface area (Å²) in [6.07, 6.45) is 0.738. The molecule has 0 aliphatic carbocycles. The molecule has 0 radical (unpaired) electrons. The maximum Gasteiger partial charge on any atom is 0.334 e. The Morgan fingerprint density at radius 3 is 2.39 bits per heavy atom. The molecule has 4 nitrogen and oxygen atoms in total. The normalized spacial score (nSPS) is 13.9. The fourth-order valence-corrected chi connectivity index (χ4v) is 1.71. The summed E-state index contributed by atoms with van der Waals surface area (Å²) in [6.45, 7) is 3.04. The Morgan fingerprint density at radius 2 is 1.83 bits per heavy atom. The van der Waals surface area contributed by atoms with Gasteiger partial charge in [0.05, 0.1) is 19.3 Å². The molecule has 0 fully saturated rings. The highest BCUT2D eigenvalue weighted by atomic mass is 19.3. The predicted molar refractivity (Wildman–Crippen MR) is 82.8 cm³/mol. The van der Waals surface area contributed by atoms with E-state index in [2.05, 4.69) is 4.74 Å². The number of aliphatic hydroxyl groups is 1. The van der Waals surface area contributed by atoms with Gasteiger partial charge in [-0.05, 0) is 25.5 Å². The van der Waals surface area contributed by atoms with Crippen molar-refractivity contribution in [1.82, 2.24) is 0 Å². The lowest BCUT2D eigenvalue weighted by Crippen LogP contribution is -2.35. The molecule has 6 heteroatoms. The minimum absolute atomic E-state index is 0.0524. The van der Waals surface area contributed by atoms with E-state index in [9.17, 15) is 18.7 Å². The van der Waals surface area contributed by atoms with E-state index < -0.39 is 23.8 Å². The van der Waals surface area contributed by atoms with Crippen LogP contribution in [0.5, 0.6) is 0 Å². The third kappa shape index (κ3) is 5.83. The quantitative estimate of drug-likeness (QED) is 0.453. The van der Waals surface area contributed by atoms with Gasteiger partial charge in [0.15, 0.2) is 5.76 Å². The number of halogens is 2. The van der Waals surface area contributed by atoms with Gasteiger partial charge in [-0.15, -0.1) is 0 Å². The van der Waals surface area contributed by atoms with Crippen molar-refractivity contribution in [3.05, 3.63) is 53.8 Å². The number of alkyl halides is 2. The molecule has 0 amide bonds. The average Bonchev–Trinajstić information content (AvgIpc) is 2.53. The largest absolute Gasteiger partial charge is 0.491 e. The average molecular weight is 326 g/mol. The Hall–Kier alpha value is -2.21. The van der Waals surface area contributed by atoms with Gasteiger partial charge in [-0.3, -0.25) is 0 Å². The van der Waals surface area contributed by atoms with Crippen molar-refractivity contribution in [2.75, 3.05) is 13.2 Å². The zero-order chi connectivity index (χ0) is 17.3. The smallest absolute Gasteiger partial charge is 0.334 e. The van der Waals surface area contributed by atoms with E-state index in [-0.39, 0.29) is 13.2 Å². The molecule has 0 aliphatic rings. The highest BCUT2D eigenvalue weighted by Crippen LogP contribution is 2.30. The number of aliphatic hydroxyl groups excluding tert-OH is 1. The maximum atomic E-state index is 14.3. The molecule has 1 aromatic rings. The molecule has 0 aromatic heterocycles. The monoisotopic (exact) mass is 326 g/mol. The van der Waals surface area contributed by atoms with Crippen LogP contribution in [0, 0.1) is 0 Å². The van der Waals surface area contributed by atoms with E-state index in [0.29, 0.717) is 11.6 Å². The van der Waals surface area contributed by atoms with Crippen molar-refractivity contribution in [2.45, 2.75) is 25.9 Å². The zero-order valence-corrected chi connectivity index (χ0v) is 13.0. The molecule has 23 heavy (non-hydrogen) atoms. The van der Waals surface area contributed by atoms with Crippen LogP contribution in [0.4, 0.5) is 8.78 Å². The van der Waals surface area contributed by atoms with E-state index in [0.717, 1.165) is 6.08 Å². The highest BCUT2D eigenvalue weighted by molar-refractivity contribution is 5.82. The van der Waals surface area contributed by atoms with Gasteiger partial charge in [0.1, 0.15) is 6.10 Å². The van der Waals surface area contributed by atoms with Gasteiger partial charge in [0.25, 0.3) is 0 Å². The zero-order valence-electron chi connectivity index (χ0n) is 13.0. The van der Waals surface area contributed by atoms with E-state index in [4.69, 9.17) is 4.74 Å². The lowest BCUT2D eigenvalue weighted by molar-refractivity contribution is -0.138. The van der Waals surface area contributed by atoms with Gasteiger partial charge >= 0.3 is 11.9 Å². The van der Waals surface area contributed by atoms with E-state index >= 15 is 0 Å². The summed E-state index contributed by atoms with van der Waals surface area (Å²) in [7, 11) is 0. The number of carbonyl (C=O) groups is 1. The van der Waals surface area contributed by atoms with E-state index in [1.807, 2.05) is 0 Å². The molecule has 1 unspecified atom stereocenters. The van der Waals surface area contributed by atoms with Crippen molar-refractivity contribution in [2.24, 2.45) is 0 Å². The van der Waals surface area contributed by atoms with Crippen LogP contribution in [-0.4, -0.2) is 36.3 Å². The van der Waals surface area contributed by atoms with Gasteiger partial charge in [-0.25, -0.2) is 4.79 Å². The number of hydrogen-bond donors (Lipinski definition) is 1.